The first-order chi connectivity index (χ1) is 13.5. The molecule has 3 N–H and O–H groups in total. The van der Waals surface area contributed by atoms with Gasteiger partial charge in [0.1, 0.15) is 0 Å². The fourth-order valence-electron chi connectivity index (χ4n) is 3.10. The largest absolute Gasteiger partial charge is 0.339 e. The topological polar surface area (TPSA) is 90.5 Å². The Hall–Kier alpha value is -3.35. The Bertz CT molecular complexity index is 875. The van der Waals surface area contributed by atoms with Gasteiger partial charge in [0, 0.05) is 30.0 Å². The van der Waals surface area contributed by atoms with Gasteiger partial charge in [0.05, 0.1) is 6.54 Å². The molecule has 1 fully saturated rings. The van der Waals surface area contributed by atoms with Crippen molar-refractivity contribution in [2.75, 3.05) is 30.3 Å². The van der Waals surface area contributed by atoms with Gasteiger partial charge in [-0.05, 0) is 55.7 Å². The molecule has 3 rings (SSSR count). The van der Waals surface area contributed by atoms with Crippen LogP contribution in [0.15, 0.2) is 48.5 Å². The molecule has 1 saturated heterocycles. The van der Waals surface area contributed by atoms with Crippen LogP contribution in [0.3, 0.4) is 0 Å². The van der Waals surface area contributed by atoms with Crippen LogP contribution < -0.4 is 16.0 Å². The summed E-state index contributed by atoms with van der Waals surface area (Å²) in [5, 5.41) is 7.90. The maximum absolute atomic E-state index is 12.4. The number of hydrogen-bond donors (Lipinski definition) is 3. The molecule has 2 aromatic rings. The summed E-state index contributed by atoms with van der Waals surface area (Å²) in [4.78, 5) is 38.3. The molecule has 0 atom stereocenters. The van der Waals surface area contributed by atoms with Crippen molar-refractivity contribution in [3.63, 3.8) is 0 Å². The van der Waals surface area contributed by atoms with Crippen LogP contribution in [0.4, 0.5) is 16.2 Å². The third-order valence-corrected chi connectivity index (χ3v) is 4.47. The number of rotatable bonds is 5. The third-order valence-electron chi connectivity index (χ3n) is 4.47. The van der Waals surface area contributed by atoms with E-state index in [4.69, 9.17) is 0 Å². The quantitative estimate of drug-likeness (QED) is 0.745. The van der Waals surface area contributed by atoms with E-state index in [0.29, 0.717) is 16.9 Å². The minimum atomic E-state index is -0.460. The average Bonchev–Trinajstić information content (AvgIpc) is 3.21. The summed E-state index contributed by atoms with van der Waals surface area (Å²) in [5.41, 5.74) is 2.76. The van der Waals surface area contributed by atoms with Crippen LogP contribution in [0.1, 0.15) is 28.8 Å². The highest BCUT2D eigenvalue weighted by Crippen LogP contribution is 2.16. The minimum absolute atomic E-state index is 0.0238. The predicted molar refractivity (Wildman–Crippen MR) is 108 cm³/mol. The van der Waals surface area contributed by atoms with Crippen LogP contribution in [0.2, 0.25) is 0 Å². The highest BCUT2D eigenvalue weighted by Gasteiger charge is 2.19. The van der Waals surface area contributed by atoms with Gasteiger partial charge in [-0.3, -0.25) is 9.59 Å². The highest BCUT2D eigenvalue weighted by molar-refractivity contribution is 5.99. The Morgan fingerprint density at radius 3 is 2.32 bits per heavy atom. The average molecular weight is 380 g/mol. The zero-order chi connectivity index (χ0) is 19.9. The molecule has 2 aromatic carbocycles. The van der Waals surface area contributed by atoms with Crippen LogP contribution in [-0.4, -0.2) is 42.4 Å². The standard InChI is InChI=1S/C21H24N4O3/c1-15-6-4-8-17(12-15)24-21(28)22-14-19(26)23-18-9-5-7-16(13-18)20(27)25-10-2-3-11-25/h4-9,12-13H,2-3,10-11,14H2,1H3,(H,23,26)(H2,22,24,28). The van der Waals surface area contributed by atoms with Crippen LogP contribution in [0, 0.1) is 6.92 Å². The molecule has 146 valence electrons. The number of aryl methyl sites for hydroxylation is 1. The molecule has 4 amide bonds. The number of urea groups is 1. The highest BCUT2D eigenvalue weighted by atomic mass is 16.2. The van der Waals surface area contributed by atoms with Gasteiger partial charge >= 0.3 is 6.03 Å². The Kier molecular flexibility index (Phi) is 6.26. The molecule has 0 unspecified atom stereocenters. The van der Waals surface area contributed by atoms with Gasteiger partial charge in [-0.2, -0.15) is 0 Å². The van der Waals surface area contributed by atoms with Crippen molar-refractivity contribution in [3.8, 4) is 0 Å². The number of carbonyl (C=O) groups is 3. The van der Waals surface area contributed by atoms with Crippen molar-refractivity contribution in [3.05, 3.63) is 59.7 Å². The zero-order valence-electron chi connectivity index (χ0n) is 15.8. The summed E-state index contributed by atoms with van der Waals surface area (Å²) in [5.74, 6) is -0.394. The summed E-state index contributed by atoms with van der Waals surface area (Å²) in [6.07, 6.45) is 2.05. The molecular weight excluding hydrogens is 356 g/mol. The zero-order valence-corrected chi connectivity index (χ0v) is 15.8. The fourth-order valence-corrected chi connectivity index (χ4v) is 3.10. The van der Waals surface area contributed by atoms with E-state index in [1.807, 2.05) is 30.0 Å². The molecule has 0 radical (unpaired) electrons. The summed E-state index contributed by atoms with van der Waals surface area (Å²) < 4.78 is 0. The number of nitrogens with one attached hydrogen (secondary N) is 3. The van der Waals surface area contributed by atoms with E-state index in [9.17, 15) is 14.4 Å². The maximum atomic E-state index is 12.4. The maximum Gasteiger partial charge on any atom is 0.319 e. The lowest BCUT2D eigenvalue weighted by molar-refractivity contribution is -0.115. The van der Waals surface area contributed by atoms with E-state index in [-0.39, 0.29) is 18.4 Å². The summed E-state index contributed by atoms with van der Waals surface area (Å²) in [6.45, 7) is 3.30. The first kappa shape index (κ1) is 19.4. The molecule has 28 heavy (non-hydrogen) atoms. The van der Waals surface area contributed by atoms with Crippen molar-refractivity contribution in [1.29, 1.82) is 0 Å². The van der Waals surface area contributed by atoms with E-state index < -0.39 is 6.03 Å². The predicted octanol–water partition coefficient (Wildman–Crippen LogP) is 2.99. The Morgan fingerprint density at radius 2 is 1.61 bits per heavy atom. The van der Waals surface area contributed by atoms with Gasteiger partial charge in [0.25, 0.3) is 5.91 Å². The van der Waals surface area contributed by atoms with Crippen LogP contribution in [-0.2, 0) is 4.79 Å². The van der Waals surface area contributed by atoms with E-state index >= 15 is 0 Å². The Labute approximate surface area is 164 Å². The van der Waals surface area contributed by atoms with Gasteiger partial charge < -0.3 is 20.9 Å². The van der Waals surface area contributed by atoms with E-state index in [2.05, 4.69) is 16.0 Å². The molecule has 0 aromatic heterocycles. The summed E-state index contributed by atoms with van der Waals surface area (Å²) in [7, 11) is 0. The van der Waals surface area contributed by atoms with E-state index in [1.54, 1.807) is 30.3 Å². The molecule has 0 aliphatic carbocycles. The molecule has 1 aliphatic heterocycles. The Balaban J connectivity index is 1.50. The summed E-state index contributed by atoms with van der Waals surface area (Å²) in [6, 6.07) is 13.8. The van der Waals surface area contributed by atoms with Crippen molar-refractivity contribution in [2.45, 2.75) is 19.8 Å². The second-order valence-corrected chi connectivity index (χ2v) is 6.81. The molecule has 7 nitrogen and oxygen atoms in total. The number of hydrogen-bond acceptors (Lipinski definition) is 3. The molecule has 7 heteroatoms. The minimum Gasteiger partial charge on any atom is -0.339 e. The lowest BCUT2D eigenvalue weighted by Gasteiger charge is -2.16. The van der Waals surface area contributed by atoms with Crippen LogP contribution in [0.5, 0.6) is 0 Å². The number of anilines is 2. The van der Waals surface area contributed by atoms with Gasteiger partial charge in [-0.15, -0.1) is 0 Å². The monoisotopic (exact) mass is 380 g/mol. The number of nitrogens with zero attached hydrogens (tertiary/aromatic N) is 1. The van der Waals surface area contributed by atoms with Crippen LogP contribution in [0.25, 0.3) is 0 Å². The van der Waals surface area contributed by atoms with Crippen molar-refractivity contribution < 1.29 is 14.4 Å². The molecule has 0 saturated carbocycles. The van der Waals surface area contributed by atoms with Gasteiger partial charge in [-0.1, -0.05) is 18.2 Å². The second-order valence-electron chi connectivity index (χ2n) is 6.81. The van der Waals surface area contributed by atoms with Crippen molar-refractivity contribution in [1.82, 2.24) is 10.2 Å². The number of benzene rings is 2. The number of likely N-dealkylation sites (tertiary alicyclic amines) is 1. The van der Waals surface area contributed by atoms with Crippen molar-refractivity contribution >= 4 is 29.2 Å². The van der Waals surface area contributed by atoms with E-state index in [1.165, 1.54) is 0 Å². The third kappa shape index (κ3) is 5.33. The van der Waals surface area contributed by atoms with Crippen LogP contribution >= 0.6 is 0 Å². The smallest absolute Gasteiger partial charge is 0.319 e. The molecule has 0 spiro atoms. The number of amides is 4. The van der Waals surface area contributed by atoms with Gasteiger partial charge in [0.2, 0.25) is 5.91 Å². The lowest BCUT2D eigenvalue weighted by Crippen LogP contribution is -2.35. The molecule has 1 aliphatic rings. The normalized spacial score (nSPS) is 13.1. The SMILES string of the molecule is Cc1cccc(NC(=O)NCC(=O)Nc2cccc(C(=O)N3CCCC3)c2)c1. The molecule has 0 bridgehead atoms. The lowest BCUT2D eigenvalue weighted by atomic mass is 10.1. The number of carbonyl (C=O) groups excluding carboxylic acids is 3. The fraction of sp³-hybridized carbons (Fsp3) is 0.286. The van der Waals surface area contributed by atoms with Gasteiger partial charge in [0.15, 0.2) is 0 Å². The summed E-state index contributed by atoms with van der Waals surface area (Å²) >= 11 is 0. The Morgan fingerprint density at radius 1 is 0.929 bits per heavy atom. The molecular formula is C21H24N4O3. The first-order valence-electron chi connectivity index (χ1n) is 9.32. The van der Waals surface area contributed by atoms with Gasteiger partial charge in [-0.25, -0.2) is 4.79 Å². The second kappa shape index (κ2) is 9.03. The first-order valence-corrected chi connectivity index (χ1v) is 9.32. The van der Waals surface area contributed by atoms with Crippen molar-refractivity contribution in [2.24, 2.45) is 0 Å². The van der Waals surface area contributed by atoms with E-state index in [0.717, 1.165) is 31.5 Å². The molecule has 1 heterocycles.